The van der Waals surface area contributed by atoms with Crippen molar-refractivity contribution in [3.63, 3.8) is 0 Å². The molecule has 1 aliphatic carbocycles. The van der Waals surface area contributed by atoms with Gasteiger partial charge in [0.2, 0.25) is 0 Å². The molecular weight excluding hydrogens is 228 g/mol. The maximum Gasteiger partial charge on any atom is 0.332 e. The van der Waals surface area contributed by atoms with Gasteiger partial charge in [0.1, 0.15) is 0 Å². The average molecular weight is 242 g/mol. The molecule has 0 heterocycles. The zero-order valence-corrected chi connectivity index (χ0v) is 9.18. The smallest absolute Gasteiger partial charge is 0.332 e. The Labute approximate surface area is 97.6 Å². The monoisotopic (exact) mass is 242 g/mol. The van der Waals surface area contributed by atoms with E-state index in [1.807, 2.05) is 0 Å². The molecule has 0 fully saturated rings. The fourth-order valence-corrected chi connectivity index (χ4v) is 2.06. The van der Waals surface area contributed by atoms with Crippen LogP contribution in [0.15, 0.2) is 11.1 Å². The number of carboxylic acids is 3. The summed E-state index contributed by atoms with van der Waals surface area (Å²) in [6.45, 7) is 0. The third-order valence-electron chi connectivity index (χ3n) is 2.88. The first-order chi connectivity index (χ1) is 7.95. The molecule has 1 aliphatic rings. The normalized spacial score (nSPS) is 21.5. The van der Waals surface area contributed by atoms with Gasteiger partial charge in [0.25, 0.3) is 0 Å². The maximum atomic E-state index is 11.1. The zero-order chi connectivity index (χ0) is 13.0. The molecule has 1 rings (SSSR count). The highest BCUT2D eigenvalue weighted by molar-refractivity contribution is 6.02. The molecule has 0 saturated heterocycles. The Morgan fingerprint density at radius 3 is 2.06 bits per heavy atom. The molecule has 94 valence electrons. The maximum absolute atomic E-state index is 11.1. The van der Waals surface area contributed by atoms with E-state index in [0.717, 1.165) is 0 Å². The van der Waals surface area contributed by atoms with E-state index in [4.69, 9.17) is 15.3 Å². The Kier molecular flexibility index (Phi) is 4.25. The Balaban J connectivity index is 3.29. The van der Waals surface area contributed by atoms with Crippen molar-refractivity contribution in [3.8, 4) is 0 Å². The van der Waals surface area contributed by atoms with Gasteiger partial charge in [-0.15, -0.1) is 0 Å². The molecule has 17 heavy (non-hydrogen) atoms. The molecule has 0 radical (unpaired) electrons. The van der Waals surface area contributed by atoms with Crippen LogP contribution in [-0.4, -0.2) is 33.2 Å². The lowest BCUT2D eigenvalue weighted by atomic mass is 9.85. The summed E-state index contributed by atoms with van der Waals surface area (Å²) in [4.78, 5) is 33.1. The van der Waals surface area contributed by atoms with Gasteiger partial charge in [-0.2, -0.15) is 0 Å². The van der Waals surface area contributed by atoms with Crippen LogP contribution >= 0.6 is 0 Å². The van der Waals surface area contributed by atoms with E-state index in [2.05, 4.69) is 0 Å². The second-order valence-corrected chi connectivity index (χ2v) is 3.99. The van der Waals surface area contributed by atoms with E-state index in [9.17, 15) is 14.4 Å². The van der Waals surface area contributed by atoms with Crippen LogP contribution in [0.2, 0.25) is 0 Å². The molecule has 1 atom stereocenters. The van der Waals surface area contributed by atoms with Crippen LogP contribution < -0.4 is 0 Å². The minimum Gasteiger partial charge on any atom is -0.481 e. The summed E-state index contributed by atoms with van der Waals surface area (Å²) in [5, 5.41) is 27.0. The molecule has 3 N–H and O–H groups in total. The van der Waals surface area contributed by atoms with Crippen molar-refractivity contribution in [1.82, 2.24) is 0 Å². The van der Waals surface area contributed by atoms with Crippen molar-refractivity contribution in [2.24, 2.45) is 5.92 Å². The van der Waals surface area contributed by atoms with E-state index in [1.165, 1.54) is 0 Å². The van der Waals surface area contributed by atoms with Crippen molar-refractivity contribution >= 4 is 17.9 Å². The van der Waals surface area contributed by atoms with Crippen molar-refractivity contribution in [2.75, 3.05) is 0 Å². The number of rotatable bonds is 3. The van der Waals surface area contributed by atoms with Crippen LogP contribution in [-0.2, 0) is 14.4 Å². The SMILES string of the molecule is O=C(O)C1=C(C(=O)O)C(C(=O)O)CCCCC1. The van der Waals surface area contributed by atoms with Gasteiger partial charge in [-0.05, 0) is 19.3 Å². The predicted octanol–water partition coefficient (Wildman–Crippen LogP) is 1.12. The van der Waals surface area contributed by atoms with Gasteiger partial charge < -0.3 is 15.3 Å². The molecule has 0 aliphatic heterocycles. The van der Waals surface area contributed by atoms with Crippen LogP contribution in [0.3, 0.4) is 0 Å². The van der Waals surface area contributed by atoms with Gasteiger partial charge in [-0.3, -0.25) is 4.79 Å². The minimum absolute atomic E-state index is 0.112. The highest BCUT2D eigenvalue weighted by atomic mass is 16.4. The third-order valence-corrected chi connectivity index (χ3v) is 2.88. The largest absolute Gasteiger partial charge is 0.481 e. The van der Waals surface area contributed by atoms with E-state index in [-0.39, 0.29) is 18.4 Å². The first kappa shape index (κ1) is 13.2. The number of carbonyl (C=O) groups is 3. The lowest BCUT2D eigenvalue weighted by Gasteiger charge is -2.19. The Morgan fingerprint density at radius 1 is 0.941 bits per heavy atom. The van der Waals surface area contributed by atoms with E-state index in [1.54, 1.807) is 0 Å². The standard InChI is InChI=1S/C11H14O6/c12-9(13)6-4-2-1-3-5-7(10(14)15)8(6)11(16)17/h6H,1-5H2,(H,12,13)(H,14,15)(H,16,17). The molecule has 0 aromatic rings. The fraction of sp³-hybridized carbons (Fsp3) is 0.545. The van der Waals surface area contributed by atoms with Gasteiger partial charge in [0.05, 0.1) is 11.5 Å². The summed E-state index contributed by atoms with van der Waals surface area (Å²) in [6.07, 6.45) is 2.17. The highest BCUT2D eigenvalue weighted by Crippen LogP contribution is 2.28. The van der Waals surface area contributed by atoms with Crippen molar-refractivity contribution in [2.45, 2.75) is 32.1 Å². The molecule has 0 spiro atoms. The molecule has 0 saturated carbocycles. The summed E-state index contributed by atoms with van der Waals surface area (Å²) < 4.78 is 0. The topological polar surface area (TPSA) is 112 Å². The summed E-state index contributed by atoms with van der Waals surface area (Å²) in [5.74, 6) is -5.28. The minimum atomic E-state index is -1.45. The Morgan fingerprint density at radius 2 is 1.59 bits per heavy atom. The van der Waals surface area contributed by atoms with Gasteiger partial charge in [-0.1, -0.05) is 12.8 Å². The van der Waals surface area contributed by atoms with Crippen LogP contribution in [0.1, 0.15) is 32.1 Å². The van der Waals surface area contributed by atoms with E-state index < -0.39 is 29.4 Å². The second-order valence-electron chi connectivity index (χ2n) is 3.99. The first-order valence-corrected chi connectivity index (χ1v) is 5.37. The summed E-state index contributed by atoms with van der Waals surface area (Å²) in [5.41, 5.74) is -0.741. The van der Waals surface area contributed by atoms with E-state index in [0.29, 0.717) is 19.3 Å². The van der Waals surface area contributed by atoms with Crippen LogP contribution in [0.4, 0.5) is 0 Å². The Bertz CT molecular complexity index is 381. The lowest BCUT2D eigenvalue weighted by Crippen LogP contribution is -2.26. The Hall–Kier alpha value is -1.85. The molecular formula is C11H14O6. The molecule has 6 nitrogen and oxygen atoms in total. The van der Waals surface area contributed by atoms with Crippen LogP contribution in [0.25, 0.3) is 0 Å². The van der Waals surface area contributed by atoms with Crippen molar-refractivity contribution in [1.29, 1.82) is 0 Å². The van der Waals surface area contributed by atoms with Gasteiger partial charge in [0, 0.05) is 5.57 Å². The van der Waals surface area contributed by atoms with E-state index >= 15 is 0 Å². The fourth-order valence-electron chi connectivity index (χ4n) is 2.06. The third kappa shape index (κ3) is 3.05. The van der Waals surface area contributed by atoms with Crippen LogP contribution in [0, 0.1) is 5.92 Å². The summed E-state index contributed by atoms with van der Waals surface area (Å²) >= 11 is 0. The molecule has 0 aromatic heterocycles. The van der Waals surface area contributed by atoms with Gasteiger partial charge >= 0.3 is 17.9 Å². The number of carboxylic acid groups (broad SMARTS) is 3. The average Bonchev–Trinajstić information content (AvgIpc) is 2.14. The number of hydrogen-bond donors (Lipinski definition) is 3. The molecule has 1 unspecified atom stereocenters. The molecule has 6 heteroatoms. The van der Waals surface area contributed by atoms with Crippen LogP contribution in [0.5, 0.6) is 0 Å². The number of aliphatic carboxylic acids is 3. The van der Waals surface area contributed by atoms with Gasteiger partial charge in [0.15, 0.2) is 0 Å². The predicted molar refractivity (Wildman–Crippen MR) is 56.5 cm³/mol. The molecule has 0 amide bonds. The first-order valence-electron chi connectivity index (χ1n) is 5.37. The van der Waals surface area contributed by atoms with Crippen molar-refractivity contribution < 1.29 is 29.7 Å². The van der Waals surface area contributed by atoms with Gasteiger partial charge in [-0.25, -0.2) is 9.59 Å². The summed E-state index contributed by atoms with van der Waals surface area (Å²) in [7, 11) is 0. The zero-order valence-electron chi connectivity index (χ0n) is 9.18. The second kappa shape index (κ2) is 5.47. The number of hydrogen-bond acceptors (Lipinski definition) is 3. The summed E-state index contributed by atoms with van der Waals surface area (Å²) in [6, 6.07) is 0. The van der Waals surface area contributed by atoms with Crippen molar-refractivity contribution in [3.05, 3.63) is 11.1 Å². The quantitative estimate of drug-likeness (QED) is 0.683. The lowest BCUT2D eigenvalue weighted by molar-refractivity contribution is -0.144. The molecule has 0 bridgehead atoms. The molecule has 0 aromatic carbocycles. The highest BCUT2D eigenvalue weighted by Gasteiger charge is 2.33.